The number of ether oxygens (including phenoxy) is 1. The number of hydrogen-bond donors (Lipinski definition) is 1. The molecule has 23 heavy (non-hydrogen) atoms. The summed E-state index contributed by atoms with van der Waals surface area (Å²) in [7, 11) is 0. The minimum absolute atomic E-state index is 0.0749. The molecule has 0 unspecified atom stereocenters. The highest BCUT2D eigenvalue weighted by atomic mass is 16.5. The zero-order chi connectivity index (χ0) is 16.2. The number of aryl methyl sites for hydroxylation is 1. The molecule has 3 rings (SSSR count). The molecule has 1 N–H and O–H groups in total. The van der Waals surface area contributed by atoms with Gasteiger partial charge >= 0.3 is 0 Å². The fourth-order valence-corrected chi connectivity index (χ4v) is 2.52. The van der Waals surface area contributed by atoms with E-state index >= 15 is 0 Å². The Balaban J connectivity index is 1.68. The van der Waals surface area contributed by atoms with Gasteiger partial charge in [0.2, 0.25) is 0 Å². The molecular formula is C16H16N4O3. The van der Waals surface area contributed by atoms with Crippen LogP contribution in [0, 0.1) is 11.8 Å². The Morgan fingerprint density at radius 1 is 1.35 bits per heavy atom. The maximum Gasteiger partial charge on any atom is 0.270 e. The Labute approximate surface area is 133 Å². The molecule has 7 nitrogen and oxygen atoms in total. The quantitative estimate of drug-likeness (QED) is 0.851. The predicted octanol–water partition coefficient (Wildman–Crippen LogP) is 1.92. The van der Waals surface area contributed by atoms with Gasteiger partial charge in [-0.3, -0.25) is 4.79 Å². The van der Waals surface area contributed by atoms with Gasteiger partial charge in [0, 0.05) is 13.0 Å². The summed E-state index contributed by atoms with van der Waals surface area (Å²) in [4.78, 5) is 30.7. The minimum Gasteiger partial charge on any atom is -0.493 e. The number of fused-ring (bicyclic) bond motifs is 1. The van der Waals surface area contributed by atoms with E-state index in [1.807, 2.05) is 18.2 Å². The number of rotatable bonds is 5. The first-order valence-corrected chi connectivity index (χ1v) is 7.32. The third kappa shape index (κ3) is 3.50. The van der Waals surface area contributed by atoms with Gasteiger partial charge in [0.25, 0.3) is 5.91 Å². The van der Waals surface area contributed by atoms with Crippen molar-refractivity contribution in [1.29, 1.82) is 0 Å². The standard InChI is InChI=1S/C16H16N4O3/c1-10-19-13(9-18-22)7-14(20-10)16(21)17-8-11-2-3-15-12(6-11)4-5-23-15/h2-3,6-7H,4-5,8-9H2,1H3,(H,17,21). The van der Waals surface area contributed by atoms with Crippen molar-refractivity contribution in [2.24, 2.45) is 5.18 Å². The number of hydrogen-bond acceptors (Lipinski definition) is 6. The molecule has 1 aromatic heterocycles. The third-order valence-electron chi connectivity index (χ3n) is 3.56. The average Bonchev–Trinajstić information content (AvgIpc) is 3.00. The lowest BCUT2D eigenvalue weighted by atomic mass is 10.1. The maximum atomic E-state index is 12.2. The molecule has 2 aromatic rings. The van der Waals surface area contributed by atoms with Crippen LogP contribution in [-0.2, 0) is 19.5 Å². The Morgan fingerprint density at radius 2 is 2.22 bits per heavy atom. The Kier molecular flexibility index (Phi) is 4.27. The van der Waals surface area contributed by atoms with Gasteiger partial charge < -0.3 is 10.1 Å². The van der Waals surface area contributed by atoms with E-state index in [9.17, 15) is 9.70 Å². The van der Waals surface area contributed by atoms with Crippen molar-refractivity contribution < 1.29 is 9.53 Å². The highest BCUT2D eigenvalue weighted by Crippen LogP contribution is 2.25. The predicted molar refractivity (Wildman–Crippen MR) is 83.1 cm³/mol. The second kappa shape index (κ2) is 6.51. The van der Waals surface area contributed by atoms with Crippen molar-refractivity contribution in [3.63, 3.8) is 0 Å². The summed E-state index contributed by atoms with van der Waals surface area (Å²) >= 11 is 0. The molecule has 0 spiro atoms. The van der Waals surface area contributed by atoms with Crippen molar-refractivity contribution in [3.05, 3.63) is 57.5 Å². The van der Waals surface area contributed by atoms with Crippen LogP contribution < -0.4 is 10.1 Å². The van der Waals surface area contributed by atoms with E-state index in [4.69, 9.17) is 4.74 Å². The molecule has 0 atom stereocenters. The molecule has 0 radical (unpaired) electrons. The number of carbonyl (C=O) groups is 1. The number of carbonyl (C=O) groups excluding carboxylic acids is 1. The van der Waals surface area contributed by atoms with Crippen LogP contribution in [-0.4, -0.2) is 22.5 Å². The first-order chi connectivity index (χ1) is 11.2. The van der Waals surface area contributed by atoms with E-state index in [0.717, 1.165) is 23.3 Å². The van der Waals surface area contributed by atoms with Gasteiger partial charge in [-0.1, -0.05) is 17.3 Å². The molecule has 0 saturated carbocycles. The second-order valence-electron chi connectivity index (χ2n) is 5.30. The van der Waals surface area contributed by atoms with Crippen molar-refractivity contribution in [1.82, 2.24) is 15.3 Å². The molecule has 1 amide bonds. The fourth-order valence-electron chi connectivity index (χ4n) is 2.52. The van der Waals surface area contributed by atoms with Crippen LogP contribution in [0.2, 0.25) is 0 Å². The van der Waals surface area contributed by atoms with Crippen molar-refractivity contribution in [3.8, 4) is 5.75 Å². The number of nitroso groups, excluding NO2 is 1. The lowest BCUT2D eigenvalue weighted by Crippen LogP contribution is -2.24. The summed E-state index contributed by atoms with van der Waals surface area (Å²) in [5.41, 5.74) is 2.84. The van der Waals surface area contributed by atoms with Gasteiger partial charge in [-0.25, -0.2) is 9.97 Å². The zero-order valence-electron chi connectivity index (χ0n) is 12.7. The van der Waals surface area contributed by atoms with Gasteiger partial charge in [-0.2, -0.15) is 4.91 Å². The third-order valence-corrected chi connectivity index (χ3v) is 3.56. The van der Waals surface area contributed by atoms with E-state index in [-0.39, 0.29) is 18.1 Å². The molecule has 118 valence electrons. The van der Waals surface area contributed by atoms with Crippen LogP contribution in [0.25, 0.3) is 0 Å². The largest absolute Gasteiger partial charge is 0.493 e. The van der Waals surface area contributed by atoms with Crippen LogP contribution in [0.5, 0.6) is 5.75 Å². The van der Waals surface area contributed by atoms with Gasteiger partial charge in [0.15, 0.2) is 0 Å². The molecule has 0 saturated heterocycles. The van der Waals surface area contributed by atoms with Crippen LogP contribution in [0.3, 0.4) is 0 Å². The van der Waals surface area contributed by atoms with E-state index < -0.39 is 0 Å². The highest BCUT2D eigenvalue weighted by molar-refractivity contribution is 5.92. The summed E-state index contributed by atoms with van der Waals surface area (Å²) in [6, 6.07) is 7.37. The van der Waals surface area contributed by atoms with Crippen molar-refractivity contribution in [2.45, 2.75) is 26.4 Å². The number of nitrogens with one attached hydrogen (secondary N) is 1. The maximum absolute atomic E-state index is 12.2. The second-order valence-corrected chi connectivity index (χ2v) is 5.30. The SMILES string of the molecule is Cc1nc(CN=O)cc(C(=O)NCc2ccc3c(c2)CCO3)n1. The molecule has 1 aromatic carbocycles. The summed E-state index contributed by atoms with van der Waals surface area (Å²) in [5, 5.41) is 5.61. The topological polar surface area (TPSA) is 93.5 Å². The Morgan fingerprint density at radius 3 is 3.04 bits per heavy atom. The number of aromatic nitrogens is 2. The van der Waals surface area contributed by atoms with E-state index in [1.165, 1.54) is 6.07 Å². The average molecular weight is 312 g/mol. The minimum atomic E-state index is -0.306. The molecule has 0 fully saturated rings. The highest BCUT2D eigenvalue weighted by Gasteiger charge is 2.14. The van der Waals surface area contributed by atoms with E-state index in [0.29, 0.717) is 24.7 Å². The van der Waals surface area contributed by atoms with E-state index in [2.05, 4.69) is 20.5 Å². The fraction of sp³-hybridized carbons (Fsp3) is 0.312. The van der Waals surface area contributed by atoms with Gasteiger partial charge in [-0.15, -0.1) is 0 Å². The van der Waals surface area contributed by atoms with Crippen LogP contribution in [0.1, 0.15) is 33.1 Å². The number of nitrogens with zero attached hydrogens (tertiary/aromatic N) is 3. The smallest absolute Gasteiger partial charge is 0.270 e. The lowest BCUT2D eigenvalue weighted by molar-refractivity contribution is 0.0945. The molecule has 0 bridgehead atoms. The van der Waals surface area contributed by atoms with Crippen LogP contribution >= 0.6 is 0 Å². The van der Waals surface area contributed by atoms with Gasteiger partial charge in [-0.05, 0) is 30.2 Å². The van der Waals surface area contributed by atoms with Gasteiger partial charge in [0.05, 0.1) is 12.3 Å². The zero-order valence-corrected chi connectivity index (χ0v) is 12.7. The Hall–Kier alpha value is -2.83. The van der Waals surface area contributed by atoms with E-state index in [1.54, 1.807) is 6.92 Å². The molecule has 1 aliphatic rings. The molecule has 0 aliphatic carbocycles. The summed E-state index contributed by atoms with van der Waals surface area (Å²) in [6.07, 6.45) is 0.893. The molecular weight excluding hydrogens is 296 g/mol. The monoisotopic (exact) mass is 312 g/mol. The van der Waals surface area contributed by atoms with Crippen molar-refractivity contribution >= 4 is 5.91 Å². The number of benzene rings is 1. The first kappa shape index (κ1) is 15.1. The normalized spacial score (nSPS) is 12.4. The molecule has 7 heteroatoms. The summed E-state index contributed by atoms with van der Waals surface area (Å²) in [5.74, 6) is 1.04. The first-order valence-electron chi connectivity index (χ1n) is 7.32. The van der Waals surface area contributed by atoms with Crippen LogP contribution in [0.15, 0.2) is 29.4 Å². The molecule has 1 aliphatic heterocycles. The molecule has 2 heterocycles. The summed E-state index contributed by atoms with van der Waals surface area (Å²) < 4.78 is 5.46. The summed E-state index contributed by atoms with van der Waals surface area (Å²) in [6.45, 7) is 2.70. The number of amides is 1. The van der Waals surface area contributed by atoms with Crippen LogP contribution in [0.4, 0.5) is 0 Å². The van der Waals surface area contributed by atoms with Crippen molar-refractivity contribution in [2.75, 3.05) is 6.61 Å². The van der Waals surface area contributed by atoms with Gasteiger partial charge in [0.1, 0.15) is 23.8 Å². The lowest BCUT2D eigenvalue weighted by Gasteiger charge is -2.07. The Bertz CT molecular complexity index is 761.